The van der Waals surface area contributed by atoms with Gasteiger partial charge in [0.05, 0.1) is 39.1 Å². The number of hydrogen-bond donors (Lipinski definition) is 2. The molecule has 0 radical (unpaired) electrons. The lowest BCUT2D eigenvalue weighted by molar-refractivity contribution is -0.173. The van der Waals surface area contributed by atoms with Crippen LogP contribution in [0.25, 0.3) is 0 Å². The van der Waals surface area contributed by atoms with Crippen molar-refractivity contribution in [3.05, 3.63) is 0 Å². The van der Waals surface area contributed by atoms with Crippen LogP contribution in [0.15, 0.2) is 4.99 Å². The number of unbranched alkanes of at least 4 members (excludes halogenated alkanes) is 14. The number of aliphatic hydroxyl groups excluding tert-OH is 2. The Morgan fingerprint density at radius 1 is 0.800 bits per heavy atom. The molecule has 7 heteroatoms. The van der Waals surface area contributed by atoms with Gasteiger partial charge in [-0.1, -0.05) is 96.8 Å². The minimum atomic E-state index is -0.716. The van der Waals surface area contributed by atoms with Gasteiger partial charge in [0, 0.05) is 6.42 Å². The molecule has 3 atom stereocenters. The molecule has 2 aliphatic heterocycles. The fourth-order valence-electron chi connectivity index (χ4n) is 4.72. The van der Waals surface area contributed by atoms with Crippen molar-refractivity contribution in [3.8, 4) is 0 Å². The van der Waals surface area contributed by atoms with E-state index in [-0.39, 0.29) is 19.8 Å². The number of hydrogen-bond acceptors (Lipinski definition) is 7. The van der Waals surface area contributed by atoms with Crippen LogP contribution in [0.2, 0.25) is 0 Å². The van der Waals surface area contributed by atoms with E-state index < -0.39 is 17.9 Å². The van der Waals surface area contributed by atoms with Crippen molar-refractivity contribution in [2.24, 2.45) is 4.99 Å². The van der Waals surface area contributed by atoms with Crippen molar-refractivity contribution in [2.45, 2.75) is 134 Å². The molecule has 0 aromatic rings. The van der Waals surface area contributed by atoms with Crippen molar-refractivity contribution in [3.63, 3.8) is 0 Å². The molecule has 206 valence electrons. The van der Waals surface area contributed by atoms with E-state index in [4.69, 9.17) is 23.9 Å². The Balaban J connectivity index is 1.53. The maximum atomic E-state index is 9.99. The van der Waals surface area contributed by atoms with E-state index in [1.165, 1.54) is 89.9 Å². The van der Waals surface area contributed by atoms with Crippen LogP contribution in [0.3, 0.4) is 0 Å². The zero-order valence-corrected chi connectivity index (χ0v) is 22.4. The highest BCUT2D eigenvalue weighted by molar-refractivity contribution is 5.78. The average molecular weight is 500 g/mol. The van der Waals surface area contributed by atoms with E-state index >= 15 is 0 Å². The van der Waals surface area contributed by atoms with Gasteiger partial charge in [0.1, 0.15) is 12.1 Å². The van der Waals surface area contributed by atoms with Crippen molar-refractivity contribution in [2.75, 3.05) is 39.6 Å². The first-order chi connectivity index (χ1) is 17.2. The molecule has 7 nitrogen and oxygen atoms in total. The first-order valence-corrected chi connectivity index (χ1v) is 14.5. The standard InChI is InChI=1S/C28H53NO6/c1-2-3-4-5-6-7-8-9-10-11-12-13-14-15-16-17-26-29-28(23-34-26)22-32-21-25(31)18-19-33-27(20-30)35-24-28/h25,27,30-31H,2-24H2,1H3. The zero-order chi connectivity index (χ0) is 25.0. The van der Waals surface area contributed by atoms with Gasteiger partial charge in [-0.2, -0.15) is 0 Å². The van der Waals surface area contributed by atoms with Crippen molar-refractivity contribution in [1.82, 2.24) is 0 Å². The molecule has 1 spiro atoms. The van der Waals surface area contributed by atoms with Gasteiger partial charge in [0.15, 0.2) is 12.2 Å². The van der Waals surface area contributed by atoms with Gasteiger partial charge < -0.3 is 29.2 Å². The molecular formula is C28H53NO6. The maximum Gasteiger partial charge on any atom is 0.184 e. The van der Waals surface area contributed by atoms with Gasteiger partial charge in [-0.05, 0) is 12.8 Å². The first-order valence-electron chi connectivity index (χ1n) is 14.5. The van der Waals surface area contributed by atoms with Crippen LogP contribution < -0.4 is 0 Å². The minimum Gasteiger partial charge on any atom is -0.478 e. The predicted molar refractivity (Wildman–Crippen MR) is 140 cm³/mol. The molecule has 0 amide bonds. The quantitative estimate of drug-likeness (QED) is 0.255. The summed E-state index contributed by atoms with van der Waals surface area (Å²) in [5.41, 5.74) is -0.633. The summed E-state index contributed by atoms with van der Waals surface area (Å²) in [6.07, 6.45) is 20.2. The fraction of sp³-hybridized carbons (Fsp3) is 0.964. The van der Waals surface area contributed by atoms with Crippen LogP contribution in [0.4, 0.5) is 0 Å². The molecule has 0 aromatic heterocycles. The molecule has 1 saturated heterocycles. The molecule has 0 saturated carbocycles. The van der Waals surface area contributed by atoms with E-state index in [0.717, 1.165) is 18.7 Å². The maximum absolute atomic E-state index is 9.99. The Morgan fingerprint density at radius 2 is 1.40 bits per heavy atom. The molecule has 2 rings (SSSR count). The molecule has 2 aliphatic rings. The lowest BCUT2D eigenvalue weighted by Crippen LogP contribution is -2.42. The molecule has 3 unspecified atom stereocenters. The van der Waals surface area contributed by atoms with Crippen LogP contribution in [0, 0.1) is 0 Å². The number of aliphatic hydroxyl groups is 2. The van der Waals surface area contributed by atoms with E-state index in [9.17, 15) is 10.2 Å². The van der Waals surface area contributed by atoms with Crippen LogP contribution >= 0.6 is 0 Å². The van der Waals surface area contributed by atoms with Crippen LogP contribution in [-0.2, 0) is 18.9 Å². The Hall–Kier alpha value is -0.730. The third kappa shape index (κ3) is 14.0. The van der Waals surface area contributed by atoms with Crippen molar-refractivity contribution >= 4 is 5.90 Å². The summed E-state index contributed by atoms with van der Waals surface area (Å²) in [5.74, 6) is 0.767. The zero-order valence-electron chi connectivity index (χ0n) is 22.4. The molecule has 35 heavy (non-hydrogen) atoms. The van der Waals surface area contributed by atoms with Gasteiger partial charge in [-0.15, -0.1) is 0 Å². The number of rotatable bonds is 17. The summed E-state index contributed by atoms with van der Waals surface area (Å²) in [6.45, 7) is 3.58. The fourth-order valence-corrected chi connectivity index (χ4v) is 4.72. The second-order valence-corrected chi connectivity index (χ2v) is 10.5. The summed E-state index contributed by atoms with van der Waals surface area (Å²) in [7, 11) is 0. The molecule has 0 aliphatic carbocycles. The van der Waals surface area contributed by atoms with E-state index in [1.54, 1.807) is 0 Å². The Kier molecular flexibility index (Phi) is 16.9. The van der Waals surface area contributed by atoms with Crippen molar-refractivity contribution in [1.29, 1.82) is 0 Å². The van der Waals surface area contributed by atoms with Gasteiger partial charge in [0.2, 0.25) is 0 Å². The third-order valence-corrected chi connectivity index (χ3v) is 6.99. The van der Waals surface area contributed by atoms with Crippen molar-refractivity contribution < 1.29 is 29.2 Å². The Labute approximate surface area is 214 Å². The Morgan fingerprint density at radius 3 is 2.00 bits per heavy atom. The van der Waals surface area contributed by atoms with E-state index in [0.29, 0.717) is 26.2 Å². The minimum absolute atomic E-state index is 0.233. The van der Waals surface area contributed by atoms with E-state index in [1.807, 2.05) is 0 Å². The SMILES string of the molecule is CCCCCCCCCCCCCCCCCC1=NC2(COCC(O)CCOC(CO)OC2)CO1. The second kappa shape index (κ2) is 19.4. The largest absolute Gasteiger partial charge is 0.478 e. The molecule has 0 bridgehead atoms. The smallest absolute Gasteiger partial charge is 0.184 e. The van der Waals surface area contributed by atoms with Gasteiger partial charge >= 0.3 is 0 Å². The average Bonchev–Trinajstić information content (AvgIpc) is 3.25. The van der Waals surface area contributed by atoms with Gasteiger partial charge in [-0.25, -0.2) is 4.99 Å². The van der Waals surface area contributed by atoms with E-state index in [2.05, 4.69) is 6.92 Å². The number of ether oxygens (including phenoxy) is 4. The second-order valence-electron chi connectivity index (χ2n) is 10.5. The predicted octanol–water partition coefficient (Wildman–Crippen LogP) is 5.55. The summed E-state index contributed by atoms with van der Waals surface area (Å²) >= 11 is 0. The summed E-state index contributed by atoms with van der Waals surface area (Å²) in [6, 6.07) is 0. The molecule has 1 fully saturated rings. The highest BCUT2D eigenvalue weighted by Gasteiger charge is 2.38. The topological polar surface area (TPSA) is 89.7 Å². The summed E-state index contributed by atoms with van der Waals surface area (Å²) in [5, 5.41) is 19.5. The lowest BCUT2D eigenvalue weighted by Gasteiger charge is -2.25. The molecule has 0 aromatic carbocycles. The molecular weight excluding hydrogens is 446 g/mol. The lowest BCUT2D eigenvalue weighted by atomic mass is 10.0. The van der Waals surface area contributed by atoms with Gasteiger partial charge in [-0.3, -0.25) is 0 Å². The number of nitrogens with zero attached hydrogens (tertiary/aromatic N) is 1. The first kappa shape index (κ1) is 30.5. The van der Waals surface area contributed by atoms with Crippen LogP contribution in [-0.4, -0.2) is 73.7 Å². The monoisotopic (exact) mass is 499 g/mol. The summed E-state index contributed by atoms with van der Waals surface area (Å²) < 4.78 is 22.9. The Bertz CT molecular complexity index is 546. The molecule has 2 N–H and O–H groups in total. The number of aliphatic imine (C=N–C) groups is 1. The normalized spacial score (nSPS) is 25.9. The summed E-state index contributed by atoms with van der Waals surface area (Å²) in [4.78, 5) is 4.81. The van der Waals surface area contributed by atoms with Gasteiger partial charge in [0.25, 0.3) is 0 Å². The highest BCUT2D eigenvalue weighted by Crippen LogP contribution is 2.24. The van der Waals surface area contributed by atoms with Crippen LogP contribution in [0.1, 0.15) is 116 Å². The highest BCUT2D eigenvalue weighted by atomic mass is 16.7. The van der Waals surface area contributed by atoms with Crippen LogP contribution in [0.5, 0.6) is 0 Å². The third-order valence-electron chi connectivity index (χ3n) is 6.99. The molecule has 2 heterocycles.